The van der Waals surface area contributed by atoms with Gasteiger partial charge in [-0.05, 0) is 24.3 Å². The van der Waals surface area contributed by atoms with Crippen LogP contribution in [0.4, 0.5) is 5.69 Å². The standard InChI is InChI=1S/C16H16N4O3/c1-20-8-4-7-13(20)14(21)10-18-15(22)16(23)19-12-6-3-2-5-11(12)9-17/h2-8,14,21H,10H2,1H3,(H,18,22)(H,19,23). The van der Waals surface area contributed by atoms with Gasteiger partial charge in [0.15, 0.2) is 0 Å². The molecule has 1 aromatic heterocycles. The molecule has 0 radical (unpaired) electrons. The van der Waals surface area contributed by atoms with Crippen LogP contribution in [0.5, 0.6) is 0 Å². The van der Waals surface area contributed by atoms with E-state index in [-0.39, 0.29) is 17.8 Å². The van der Waals surface area contributed by atoms with Gasteiger partial charge in [-0.1, -0.05) is 12.1 Å². The third-order valence-electron chi connectivity index (χ3n) is 3.28. The van der Waals surface area contributed by atoms with Crippen LogP contribution in [-0.4, -0.2) is 28.0 Å². The summed E-state index contributed by atoms with van der Waals surface area (Å²) in [5.74, 6) is -1.78. The Balaban J connectivity index is 1.92. The molecule has 1 heterocycles. The second-order valence-corrected chi connectivity index (χ2v) is 4.88. The SMILES string of the molecule is Cn1cccc1C(O)CNC(=O)C(=O)Nc1ccccc1C#N. The molecule has 0 spiro atoms. The third-order valence-corrected chi connectivity index (χ3v) is 3.28. The summed E-state index contributed by atoms with van der Waals surface area (Å²) in [5.41, 5.74) is 1.15. The number of nitrogens with zero attached hydrogens (tertiary/aromatic N) is 2. The van der Waals surface area contributed by atoms with Crippen molar-refractivity contribution in [1.29, 1.82) is 5.26 Å². The van der Waals surface area contributed by atoms with Crippen molar-refractivity contribution in [2.45, 2.75) is 6.10 Å². The summed E-state index contributed by atoms with van der Waals surface area (Å²) in [6, 6.07) is 11.8. The molecule has 0 aliphatic rings. The number of benzene rings is 1. The molecule has 0 fully saturated rings. The number of carbonyl (C=O) groups is 2. The summed E-state index contributed by atoms with van der Waals surface area (Å²) < 4.78 is 1.72. The van der Waals surface area contributed by atoms with Crippen molar-refractivity contribution in [3.8, 4) is 6.07 Å². The first-order valence-corrected chi connectivity index (χ1v) is 6.90. The molecule has 0 aliphatic heterocycles. The predicted molar refractivity (Wildman–Crippen MR) is 83.2 cm³/mol. The molecular weight excluding hydrogens is 296 g/mol. The number of aliphatic hydroxyl groups excluding tert-OH is 1. The molecule has 3 N–H and O–H groups in total. The molecule has 2 rings (SSSR count). The number of aryl methyl sites for hydroxylation is 1. The minimum Gasteiger partial charge on any atom is -0.385 e. The van der Waals surface area contributed by atoms with Crippen LogP contribution in [0.25, 0.3) is 0 Å². The number of nitrogens with one attached hydrogen (secondary N) is 2. The van der Waals surface area contributed by atoms with Gasteiger partial charge in [0.2, 0.25) is 0 Å². The minimum absolute atomic E-state index is 0.0933. The Bertz CT molecular complexity index is 761. The van der Waals surface area contributed by atoms with Gasteiger partial charge in [0.1, 0.15) is 12.2 Å². The van der Waals surface area contributed by atoms with Crippen molar-refractivity contribution in [1.82, 2.24) is 9.88 Å². The van der Waals surface area contributed by atoms with E-state index in [0.29, 0.717) is 5.69 Å². The van der Waals surface area contributed by atoms with Crippen molar-refractivity contribution in [2.75, 3.05) is 11.9 Å². The number of hydrogen-bond acceptors (Lipinski definition) is 4. The van der Waals surface area contributed by atoms with E-state index in [1.54, 1.807) is 42.1 Å². The minimum atomic E-state index is -0.918. The largest absolute Gasteiger partial charge is 0.385 e. The number of aliphatic hydroxyl groups is 1. The average molecular weight is 312 g/mol. The van der Waals surface area contributed by atoms with Gasteiger partial charge in [-0.3, -0.25) is 9.59 Å². The number of anilines is 1. The molecule has 0 saturated heterocycles. The van der Waals surface area contributed by atoms with E-state index in [4.69, 9.17) is 5.26 Å². The second-order valence-electron chi connectivity index (χ2n) is 4.88. The van der Waals surface area contributed by atoms with Crippen molar-refractivity contribution in [3.63, 3.8) is 0 Å². The van der Waals surface area contributed by atoms with E-state index in [9.17, 15) is 14.7 Å². The maximum Gasteiger partial charge on any atom is 0.313 e. The molecule has 2 aromatic rings. The normalized spacial score (nSPS) is 11.3. The van der Waals surface area contributed by atoms with Crippen molar-refractivity contribution >= 4 is 17.5 Å². The number of para-hydroxylation sites is 1. The molecule has 1 unspecified atom stereocenters. The van der Waals surface area contributed by atoms with Crippen LogP contribution < -0.4 is 10.6 Å². The Morgan fingerprint density at radius 2 is 2.00 bits per heavy atom. The van der Waals surface area contributed by atoms with E-state index >= 15 is 0 Å². The van der Waals surface area contributed by atoms with Gasteiger partial charge in [0.25, 0.3) is 0 Å². The van der Waals surface area contributed by atoms with Gasteiger partial charge in [-0.15, -0.1) is 0 Å². The molecule has 7 nitrogen and oxygen atoms in total. The fourth-order valence-corrected chi connectivity index (χ4v) is 2.06. The number of hydrogen-bond donors (Lipinski definition) is 3. The van der Waals surface area contributed by atoms with E-state index in [1.165, 1.54) is 12.1 Å². The first-order valence-electron chi connectivity index (χ1n) is 6.90. The molecule has 0 bridgehead atoms. The molecule has 0 saturated carbocycles. The smallest absolute Gasteiger partial charge is 0.313 e. The van der Waals surface area contributed by atoms with Crippen LogP contribution in [0, 0.1) is 11.3 Å². The summed E-state index contributed by atoms with van der Waals surface area (Å²) in [7, 11) is 1.77. The summed E-state index contributed by atoms with van der Waals surface area (Å²) in [5, 5.41) is 23.7. The summed E-state index contributed by atoms with van der Waals surface area (Å²) in [6.07, 6.45) is 0.851. The highest BCUT2D eigenvalue weighted by Gasteiger charge is 2.17. The van der Waals surface area contributed by atoms with E-state index in [1.807, 2.05) is 6.07 Å². The van der Waals surface area contributed by atoms with Gasteiger partial charge in [0, 0.05) is 25.5 Å². The number of aromatic nitrogens is 1. The molecular formula is C16H16N4O3. The van der Waals surface area contributed by atoms with Crippen LogP contribution in [0.3, 0.4) is 0 Å². The molecule has 2 amide bonds. The van der Waals surface area contributed by atoms with Crippen LogP contribution in [-0.2, 0) is 16.6 Å². The summed E-state index contributed by atoms with van der Waals surface area (Å²) >= 11 is 0. The monoisotopic (exact) mass is 312 g/mol. The summed E-state index contributed by atoms with van der Waals surface area (Å²) in [4.78, 5) is 23.6. The lowest BCUT2D eigenvalue weighted by Crippen LogP contribution is -2.38. The highest BCUT2D eigenvalue weighted by molar-refractivity contribution is 6.39. The Labute approximate surface area is 133 Å². The molecule has 7 heteroatoms. The average Bonchev–Trinajstić information content (AvgIpc) is 2.98. The van der Waals surface area contributed by atoms with Crippen LogP contribution in [0.15, 0.2) is 42.6 Å². The Hall–Kier alpha value is -3.11. The number of nitriles is 1. The quantitative estimate of drug-likeness (QED) is 0.722. The van der Waals surface area contributed by atoms with E-state index in [0.717, 1.165) is 0 Å². The second kappa shape index (κ2) is 7.24. The maximum absolute atomic E-state index is 11.8. The Kier molecular flexibility index (Phi) is 5.12. The first-order chi connectivity index (χ1) is 11.0. The number of amides is 2. The first kappa shape index (κ1) is 16.3. The van der Waals surface area contributed by atoms with Gasteiger partial charge in [-0.25, -0.2) is 0 Å². The summed E-state index contributed by atoms with van der Waals surface area (Å²) in [6.45, 7) is -0.0933. The predicted octanol–water partition coefficient (Wildman–Crippen LogP) is 0.685. The van der Waals surface area contributed by atoms with Crippen LogP contribution >= 0.6 is 0 Å². The molecule has 1 aromatic carbocycles. The number of rotatable bonds is 4. The van der Waals surface area contributed by atoms with Crippen LogP contribution in [0.1, 0.15) is 17.4 Å². The Morgan fingerprint density at radius 1 is 1.26 bits per heavy atom. The molecule has 118 valence electrons. The van der Waals surface area contributed by atoms with Gasteiger partial charge in [-0.2, -0.15) is 5.26 Å². The van der Waals surface area contributed by atoms with Crippen molar-refractivity contribution < 1.29 is 14.7 Å². The fraction of sp³-hybridized carbons (Fsp3) is 0.188. The lowest BCUT2D eigenvalue weighted by atomic mass is 10.2. The zero-order valence-corrected chi connectivity index (χ0v) is 12.5. The Morgan fingerprint density at radius 3 is 2.65 bits per heavy atom. The highest BCUT2D eigenvalue weighted by atomic mass is 16.3. The van der Waals surface area contributed by atoms with Gasteiger partial charge >= 0.3 is 11.8 Å². The van der Waals surface area contributed by atoms with Crippen LogP contribution in [0.2, 0.25) is 0 Å². The molecule has 0 aliphatic carbocycles. The zero-order chi connectivity index (χ0) is 16.8. The molecule has 23 heavy (non-hydrogen) atoms. The van der Waals surface area contributed by atoms with Gasteiger partial charge in [0.05, 0.1) is 11.3 Å². The lowest BCUT2D eigenvalue weighted by molar-refractivity contribution is -0.136. The lowest BCUT2D eigenvalue weighted by Gasteiger charge is -2.13. The molecule has 1 atom stereocenters. The topological polar surface area (TPSA) is 107 Å². The maximum atomic E-state index is 11.8. The highest BCUT2D eigenvalue weighted by Crippen LogP contribution is 2.13. The van der Waals surface area contributed by atoms with Crippen molar-refractivity contribution in [2.24, 2.45) is 7.05 Å². The third kappa shape index (κ3) is 3.96. The zero-order valence-electron chi connectivity index (χ0n) is 12.5. The number of carbonyl (C=O) groups excluding carboxylic acids is 2. The van der Waals surface area contributed by atoms with E-state index in [2.05, 4.69) is 10.6 Å². The van der Waals surface area contributed by atoms with Gasteiger partial charge < -0.3 is 20.3 Å². The fourth-order valence-electron chi connectivity index (χ4n) is 2.06. The van der Waals surface area contributed by atoms with E-state index < -0.39 is 17.9 Å². The van der Waals surface area contributed by atoms with Crippen molar-refractivity contribution in [3.05, 3.63) is 53.9 Å².